The Morgan fingerprint density at radius 2 is 1.95 bits per heavy atom. The molecule has 0 spiro atoms. The minimum absolute atomic E-state index is 0.158. The number of rotatable bonds is 6. The van der Waals surface area contributed by atoms with Crippen LogP contribution in [0, 0.1) is 12.5 Å². The van der Waals surface area contributed by atoms with Gasteiger partial charge in [0.1, 0.15) is 12.4 Å². The molecule has 3 aromatic rings. The number of anilines is 2. The molecular formula is C30H35N7O2. The lowest BCUT2D eigenvalue weighted by atomic mass is 9.98. The van der Waals surface area contributed by atoms with Gasteiger partial charge in [0.15, 0.2) is 0 Å². The first-order valence-electron chi connectivity index (χ1n) is 13.9. The Kier molecular flexibility index (Phi) is 7.20. The van der Waals surface area contributed by atoms with Crippen LogP contribution in [0.1, 0.15) is 36.9 Å². The van der Waals surface area contributed by atoms with E-state index >= 15 is 0 Å². The van der Waals surface area contributed by atoms with Gasteiger partial charge in [0.2, 0.25) is 6.54 Å². The predicted octanol–water partition coefficient (Wildman–Crippen LogP) is 4.79. The number of amides is 2. The van der Waals surface area contributed by atoms with Gasteiger partial charge in [-0.2, -0.15) is 9.97 Å². The first kappa shape index (κ1) is 25.4. The second kappa shape index (κ2) is 11.1. The van der Waals surface area contributed by atoms with Crippen molar-refractivity contribution in [2.45, 2.75) is 44.8 Å². The highest BCUT2D eigenvalue weighted by Crippen LogP contribution is 2.34. The zero-order valence-electron chi connectivity index (χ0n) is 22.5. The lowest BCUT2D eigenvalue weighted by Crippen LogP contribution is -2.38. The van der Waals surface area contributed by atoms with Gasteiger partial charge in [-0.25, -0.2) is 11.4 Å². The van der Waals surface area contributed by atoms with E-state index in [-0.39, 0.29) is 6.03 Å². The van der Waals surface area contributed by atoms with E-state index in [0.717, 1.165) is 72.4 Å². The van der Waals surface area contributed by atoms with Crippen molar-refractivity contribution in [2.75, 3.05) is 50.1 Å². The summed E-state index contributed by atoms with van der Waals surface area (Å²) in [5.74, 6) is 1.18. The fraction of sp³-hybridized carbons (Fsp3) is 0.467. The average Bonchev–Trinajstić information content (AvgIpc) is 3.58. The van der Waals surface area contributed by atoms with Gasteiger partial charge in [-0.3, -0.25) is 0 Å². The minimum Gasteiger partial charge on any atom is -0.462 e. The summed E-state index contributed by atoms with van der Waals surface area (Å²) in [5, 5.41) is 5.22. The average molecular weight is 526 g/mol. The second-order valence-electron chi connectivity index (χ2n) is 11.0. The molecule has 2 aromatic carbocycles. The van der Waals surface area contributed by atoms with Crippen molar-refractivity contribution in [2.24, 2.45) is 5.92 Å². The third-order valence-corrected chi connectivity index (χ3v) is 8.30. The first-order valence-corrected chi connectivity index (χ1v) is 13.9. The summed E-state index contributed by atoms with van der Waals surface area (Å²) in [6, 6.07) is 14.6. The van der Waals surface area contributed by atoms with Crippen molar-refractivity contribution < 1.29 is 9.53 Å². The highest BCUT2D eigenvalue weighted by molar-refractivity contribution is 6.01. The number of benzene rings is 2. The van der Waals surface area contributed by atoms with Gasteiger partial charge in [-0.1, -0.05) is 36.4 Å². The van der Waals surface area contributed by atoms with Crippen LogP contribution in [0.4, 0.5) is 16.3 Å². The van der Waals surface area contributed by atoms with Crippen LogP contribution in [0.5, 0.6) is 6.01 Å². The maximum Gasteiger partial charge on any atom is 0.322 e. The van der Waals surface area contributed by atoms with Crippen molar-refractivity contribution in [1.29, 1.82) is 0 Å². The number of hydrogen-bond acceptors (Lipinski definition) is 6. The molecule has 9 nitrogen and oxygen atoms in total. The fourth-order valence-electron chi connectivity index (χ4n) is 6.11. The molecule has 4 heterocycles. The van der Waals surface area contributed by atoms with Crippen LogP contribution in [0.2, 0.25) is 0 Å². The van der Waals surface area contributed by atoms with E-state index in [1.165, 1.54) is 6.42 Å². The quantitative estimate of drug-likeness (QED) is 0.467. The number of hydrogen-bond donors (Lipinski definition) is 1. The number of fused-ring (bicyclic) bond motifs is 2. The van der Waals surface area contributed by atoms with Crippen LogP contribution in [0.25, 0.3) is 15.6 Å². The molecule has 6 rings (SSSR count). The van der Waals surface area contributed by atoms with Crippen LogP contribution in [0.3, 0.4) is 0 Å². The molecule has 1 N–H and O–H groups in total. The number of nitrogens with one attached hydrogen (secondary N) is 1. The van der Waals surface area contributed by atoms with Gasteiger partial charge < -0.3 is 29.6 Å². The summed E-state index contributed by atoms with van der Waals surface area (Å²) < 4.78 is 6.17. The summed E-state index contributed by atoms with van der Waals surface area (Å²) in [5.41, 5.74) is 2.62. The van der Waals surface area contributed by atoms with Gasteiger partial charge in [-0.15, -0.1) is 0 Å². The van der Waals surface area contributed by atoms with Crippen LogP contribution in [-0.2, 0) is 13.1 Å². The number of carbonyl (C=O) groups excluding carboxylic acids is 1. The van der Waals surface area contributed by atoms with Crippen molar-refractivity contribution in [3.05, 3.63) is 65.1 Å². The van der Waals surface area contributed by atoms with Crippen LogP contribution < -0.4 is 15.0 Å². The summed E-state index contributed by atoms with van der Waals surface area (Å²) in [7, 11) is 2.13. The number of likely N-dealkylation sites (N-methyl/N-ethyl adjacent to an activating group) is 1. The highest BCUT2D eigenvalue weighted by atomic mass is 16.5. The molecule has 3 aliphatic heterocycles. The monoisotopic (exact) mass is 525 g/mol. The standard InChI is InChI=1S/C30H35N7O2/c1-31-16-21-8-6-15-36(17-21)28-25-18-37(30(38)33-26-13-5-10-22-9-3-4-12-24(22)26)19-27(25)32-29(34-28)39-20-23-11-7-14-35(23)2/h3-5,9-10,12-13,21,23H,6-8,11,14-20H2,2H3,(H,33,38)/t21-,23-/m0/s1. The predicted molar refractivity (Wildman–Crippen MR) is 152 cm³/mol. The van der Waals surface area contributed by atoms with Gasteiger partial charge in [0.05, 0.1) is 24.5 Å². The molecule has 39 heavy (non-hydrogen) atoms. The van der Waals surface area contributed by atoms with E-state index in [4.69, 9.17) is 21.3 Å². The van der Waals surface area contributed by atoms with Crippen LogP contribution in [-0.4, -0.2) is 71.7 Å². The van der Waals surface area contributed by atoms with E-state index in [1.54, 1.807) is 4.90 Å². The SMILES string of the molecule is [C-]#[N+]C[C@@H]1CCCN(c2nc(OC[C@@H]3CCCN3C)nc3c2CN(C(=O)Nc2cccc4ccccc24)C3)C1. The van der Waals surface area contributed by atoms with Crippen molar-refractivity contribution in [1.82, 2.24) is 19.8 Å². The lowest BCUT2D eigenvalue weighted by Gasteiger charge is -2.32. The number of nitrogens with zero attached hydrogens (tertiary/aromatic N) is 6. The zero-order chi connectivity index (χ0) is 26.8. The third-order valence-electron chi connectivity index (χ3n) is 8.30. The fourth-order valence-corrected chi connectivity index (χ4v) is 6.11. The maximum absolute atomic E-state index is 13.5. The maximum atomic E-state index is 13.5. The van der Waals surface area contributed by atoms with E-state index in [1.807, 2.05) is 42.5 Å². The summed E-state index contributed by atoms with van der Waals surface area (Å²) >= 11 is 0. The molecule has 202 valence electrons. The van der Waals surface area contributed by atoms with E-state index in [9.17, 15) is 4.79 Å². The third kappa shape index (κ3) is 5.34. The Balaban J connectivity index is 1.24. The van der Waals surface area contributed by atoms with Crippen molar-refractivity contribution in [3.63, 3.8) is 0 Å². The Bertz CT molecular complexity index is 1400. The molecule has 2 fully saturated rings. The molecule has 0 bridgehead atoms. The van der Waals surface area contributed by atoms with E-state index in [0.29, 0.717) is 44.2 Å². The smallest absolute Gasteiger partial charge is 0.322 e. The zero-order valence-corrected chi connectivity index (χ0v) is 22.5. The normalized spacial score (nSPS) is 21.1. The summed E-state index contributed by atoms with van der Waals surface area (Å²) in [6.07, 6.45) is 4.37. The number of carbonyl (C=O) groups is 1. The van der Waals surface area contributed by atoms with Crippen molar-refractivity contribution >= 4 is 28.3 Å². The molecule has 2 saturated heterocycles. The Hall–Kier alpha value is -3.90. The summed E-state index contributed by atoms with van der Waals surface area (Å²) in [4.78, 5) is 33.2. The molecular weight excluding hydrogens is 490 g/mol. The topological polar surface area (TPSA) is 78.2 Å². The molecule has 0 aliphatic carbocycles. The minimum atomic E-state index is -0.158. The Labute approximate surface area is 229 Å². The number of aromatic nitrogens is 2. The van der Waals surface area contributed by atoms with E-state index in [2.05, 4.69) is 27.0 Å². The first-order chi connectivity index (χ1) is 19.1. The molecule has 2 amide bonds. The number of ether oxygens (including phenoxy) is 1. The van der Waals surface area contributed by atoms with Crippen LogP contribution in [0.15, 0.2) is 42.5 Å². The second-order valence-corrected chi connectivity index (χ2v) is 11.0. The van der Waals surface area contributed by atoms with E-state index < -0.39 is 0 Å². The number of likely N-dealkylation sites (tertiary alicyclic amines) is 1. The molecule has 0 radical (unpaired) electrons. The van der Waals surface area contributed by atoms with Crippen LogP contribution >= 0.6 is 0 Å². The van der Waals surface area contributed by atoms with Gasteiger partial charge in [-0.05, 0) is 50.7 Å². The van der Waals surface area contributed by atoms with Crippen molar-refractivity contribution in [3.8, 4) is 6.01 Å². The number of piperidine rings is 1. The number of urea groups is 1. The molecule has 3 aliphatic rings. The van der Waals surface area contributed by atoms with Gasteiger partial charge in [0, 0.05) is 36.0 Å². The highest BCUT2D eigenvalue weighted by Gasteiger charge is 2.33. The largest absolute Gasteiger partial charge is 0.462 e. The van der Waals surface area contributed by atoms with Gasteiger partial charge >= 0.3 is 12.0 Å². The molecule has 0 saturated carbocycles. The summed E-state index contributed by atoms with van der Waals surface area (Å²) in [6.45, 7) is 12.0. The molecule has 0 unspecified atom stereocenters. The molecule has 1 aromatic heterocycles. The lowest BCUT2D eigenvalue weighted by molar-refractivity contribution is 0.187. The molecule has 2 atom stereocenters. The van der Waals surface area contributed by atoms with Gasteiger partial charge in [0.25, 0.3) is 0 Å². The molecule has 9 heteroatoms. The Morgan fingerprint density at radius 3 is 2.79 bits per heavy atom. The Morgan fingerprint density at radius 1 is 1.10 bits per heavy atom.